The van der Waals surface area contributed by atoms with Gasteiger partial charge in [-0.25, -0.2) is 4.39 Å². The maximum Gasteiger partial charge on any atom is 0.247 e. The van der Waals surface area contributed by atoms with Gasteiger partial charge in [-0.15, -0.1) is 10.2 Å². The Hall–Kier alpha value is -1.71. The van der Waals surface area contributed by atoms with Gasteiger partial charge in [-0.05, 0) is 24.6 Å². The van der Waals surface area contributed by atoms with Crippen molar-refractivity contribution in [3.63, 3.8) is 0 Å². The molecule has 0 aliphatic carbocycles. The van der Waals surface area contributed by atoms with Crippen molar-refractivity contribution in [1.29, 1.82) is 0 Å². The van der Waals surface area contributed by atoms with Crippen LogP contribution in [0.15, 0.2) is 29.0 Å². The molecule has 1 heterocycles. The van der Waals surface area contributed by atoms with E-state index in [1.54, 1.807) is 19.1 Å². The Morgan fingerprint density at radius 1 is 1.38 bits per heavy atom. The summed E-state index contributed by atoms with van der Waals surface area (Å²) in [6.45, 7) is 1.70. The fourth-order valence-corrected chi connectivity index (χ4v) is 1.02. The Labute approximate surface area is 74.2 Å². The first kappa shape index (κ1) is 7.91. The van der Waals surface area contributed by atoms with Crippen LogP contribution in [-0.4, -0.2) is 10.2 Å². The van der Waals surface area contributed by atoms with E-state index in [-0.39, 0.29) is 5.82 Å². The van der Waals surface area contributed by atoms with E-state index < -0.39 is 0 Å². The van der Waals surface area contributed by atoms with Crippen LogP contribution in [0.4, 0.5) is 4.39 Å². The summed E-state index contributed by atoms with van der Waals surface area (Å²) in [5, 5.41) is 7.19. The molecule has 0 unspecified atom stereocenters. The number of halogens is 1. The Morgan fingerprint density at radius 3 is 2.85 bits per heavy atom. The van der Waals surface area contributed by atoms with Crippen LogP contribution in [0.2, 0.25) is 0 Å². The minimum Gasteiger partial charge on any atom is -0.423 e. The van der Waals surface area contributed by atoms with Crippen LogP contribution in [0.25, 0.3) is 11.5 Å². The molecule has 4 heteroatoms. The van der Waals surface area contributed by atoms with E-state index in [4.69, 9.17) is 4.42 Å². The second kappa shape index (κ2) is 2.97. The van der Waals surface area contributed by atoms with Gasteiger partial charge >= 0.3 is 0 Å². The third-order valence-electron chi connectivity index (χ3n) is 1.78. The Kier molecular flexibility index (Phi) is 1.81. The Balaban J connectivity index is 2.49. The van der Waals surface area contributed by atoms with Gasteiger partial charge < -0.3 is 4.42 Å². The fraction of sp³-hybridized carbons (Fsp3) is 0.111. The lowest BCUT2D eigenvalue weighted by molar-refractivity contribution is 0.566. The number of benzene rings is 1. The third-order valence-corrected chi connectivity index (χ3v) is 1.78. The highest BCUT2D eigenvalue weighted by molar-refractivity contribution is 5.52. The second-order valence-corrected chi connectivity index (χ2v) is 2.71. The molecule has 2 rings (SSSR count). The molecule has 0 saturated carbocycles. The molecular weight excluding hydrogens is 171 g/mol. The molecular formula is C9H7FN2O. The highest BCUT2D eigenvalue weighted by Gasteiger charge is 2.05. The summed E-state index contributed by atoms with van der Waals surface area (Å²) in [6.07, 6.45) is 1.22. The van der Waals surface area contributed by atoms with Gasteiger partial charge in [0.15, 0.2) is 0 Å². The van der Waals surface area contributed by atoms with Gasteiger partial charge in [-0.1, -0.05) is 6.07 Å². The SMILES string of the molecule is Cc1ccc(-c2nnco2)cc1F. The van der Waals surface area contributed by atoms with Crippen molar-refractivity contribution in [2.24, 2.45) is 0 Å². The molecule has 0 aliphatic rings. The highest BCUT2D eigenvalue weighted by atomic mass is 19.1. The van der Waals surface area contributed by atoms with Crippen LogP contribution < -0.4 is 0 Å². The van der Waals surface area contributed by atoms with Gasteiger partial charge in [0, 0.05) is 5.56 Å². The monoisotopic (exact) mass is 178 g/mol. The van der Waals surface area contributed by atoms with E-state index in [9.17, 15) is 4.39 Å². The molecule has 0 saturated heterocycles. The minimum absolute atomic E-state index is 0.268. The molecule has 1 aromatic carbocycles. The molecule has 0 spiro atoms. The maximum absolute atomic E-state index is 13.1. The molecule has 13 heavy (non-hydrogen) atoms. The lowest BCUT2D eigenvalue weighted by Crippen LogP contribution is -1.84. The largest absolute Gasteiger partial charge is 0.423 e. The summed E-state index contributed by atoms with van der Waals surface area (Å²) in [7, 11) is 0. The lowest BCUT2D eigenvalue weighted by atomic mass is 10.1. The Bertz CT molecular complexity index is 412. The zero-order valence-electron chi connectivity index (χ0n) is 6.99. The molecule has 0 bridgehead atoms. The van der Waals surface area contributed by atoms with Gasteiger partial charge in [0.1, 0.15) is 5.82 Å². The molecule has 0 atom stereocenters. The van der Waals surface area contributed by atoms with Gasteiger partial charge in [-0.3, -0.25) is 0 Å². The molecule has 1 aromatic heterocycles. The topological polar surface area (TPSA) is 38.9 Å². The molecule has 0 radical (unpaired) electrons. The Morgan fingerprint density at radius 2 is 2.23 bits per heavy atom. The van der Waals surface area contributed by atoms with Crippen LogP contribution in [0.1, 0.15) is 5.56 Å². The summed E-state index contributed by atoms with van der Waals surface area (Å²) in [4.78, 5) is 0. The van der Waals surface area contributed by atoms with Crippen molar-refractivity contribution in [2.75, 3.05) is 0 Å². The van der Waals surface area contributed by atoms with Crippen LogP contribution in [-0.2, 0) is 0 Å². The lowest BCUT2D eigenvalue weighted by Gasteiger charge is -1.97. The number of rotatable bonds is 1. The van der Waals surface area contributed by atoms with Crippen LogP contribution in [0.3, 0.4) is 0 Å². The average molecular weight is 178 g/mol. The standard InChI is InChI=1S/C9H7FN2O/c1-6-2-3-7(4-8(6)10)9-12-11-5-13-9/h2-5H,1H3. The first-order chi connectivity index (χ1) is 6.27. The summed E-state index contributed by atoms with van der Waals surface area (Å²) in [6, 6.07) is 4.80. The van der Waals surface area contributed by atoms with Crippen molar-refractivity contribution in [2.45, 2.75) is 6.92 Å². The summed E-state index contributed by atoms with van der Waals surface area (Å²) < 4.78 is 18.0. The van der Waals surface area contributed by atoms with Gasteiger partial charge in [0.25, 0.3) is 0 Å². The number of aromatic nitrogens is 2. The maximum atomic E-state index is 13.1. The van der Waals surface area contributed by atoms with Crippen molar-refractivity contribution in [3.05, 3.63) is 36.0 Å². The molecule has 0 fully saturated rings. The molecule has 2 aromatic rings. The molecule has 0 N–H and O–H groups in total. The normalized spacial score (nSPS) is 10.3. The first-order valence-electron chi connectivity index (χ1n) is 3.80. The van der Waals surface area contributed by atoms with E-state index in [0.29, 0.717) is 17.0 Å². The van der Waals surface area contributed by atoms with Crippen molar-refractivity contribution >= 4 is 0 Å². The average Bonchev–Trinajstić information content (AvgIpc) is 2.62. The van der Waals surface area contributed by atoms with Gasteiger partial charge in [0.05, 0.1) is 0 Å². The van der Waals surface area contributed by atoms with Crippen LogP contribution in [0, 0.1) is 12.7 Å². The van der Waals surface area contributed by atoms with E-state index in [2.05, 4.69) is 10.2 Å². The smallest absolute Gasteiger partial charge is 0.247 e. The van der Waals surface area contributed by atoms with Crippen molar-refractivity contribution in [1.82, 2.24) is 10.2 Å². The third kappa shape index (κ3) is 1.42. The molecule has 0 aliphatic heterocycles. The predicted octanol–water partition coefficient (Wildman–Crippen LogP) is 2.18. The first-order valence-corrected chi connectivity index (χ1v) is 3.80. The predicted molar refractivity (Wildman–Crippen MR) is 44.4 cm³/mol. The van der Waals surface area contributed by atoms with E-state index >= 15 is 0 Å². The quantitative estimate of drug-likeness (QED) is 0.671. The summed E-state index contributed by atoms with van der Waals surface area (Å²) in [5.74, 6) is 0.0644. The number of hydrogen-bond acceptors (Lipinski definition) is 3. The van der Waals surface area contributed by atoms with Crippen molar-refractivity contribution < 1.29 is 8.81 Å². The van der Waals surface area contributed by atoms with E-state index in [1.165, 1.54) is 12.5 Å². The zero-order valence-corrected chi connectivity index (χ0v) is 6.99. The number of nitrogens with zero attached hydrogens (tertiary/aromatic N) is 2. The second-order valence-electron chi connectivity index (χ2n) is 2.71. The number of hydrogen-bond donors (Lipinski definition) is 0. The van der Waals surface area contributed by atoms with Gasteiger partial charge in [0.2, 0.25) is 12.3 Å². The summed E-state index contributed by atoms with van der Waals surface area (Å²) in [5.41, 5.74) is 1.20. The molecule has 66 valence electrons. The van der Waals surface area contributed by atoms with Crippen LogP contribution >= 0.6 is 0 Å². The summed E-state index contributed by atoms with van der Waals surface area (Å²) >= 11 is 0. The highest BCUT2D eigenvalue weighted by Crippen LogP contribution is 2.18. The molecule has 3 nitrogen and oxygen atoms in total. The van der Waals surface area contributed by atoms with Crippen LogP contribution in [0.5, 0.6) is 0 Å². The van der Waals surface area contributed by atoms with E-state index in [0.717, 1.165) is 0 Å². The zero-order chi connectivity index (χ0) is 9.26. The fourth-order valence-electron chi connectivity index (χ4n) is 1.02. The van der Waals surface area contributed by atoms with Gasteiger partial charge in [-0.2, -0.15) is 0 Å². The minimum atomic E-state index is -0.268. The number of aryl methyl sites for hydroxylation is 1. The van der Waals surface area contributed by atoms with E-state index in [1.807, 2.05) is 0 Å². The van der Waals surface area contributed by atoms with Crippen molar-refractivity contribution in [3.8, 4) is 11.5 Å². The molecule has 0 amide bonds.